The number of aryl methyl sites for hydroxylation is 1. The molecule has 128 valence electrons. The van der Waals surface area contributed by atoms with Crippen molar-refractivity contribution >= 4 is 29.2 Å². The molecule has 1 aromatic carbocycles. The molecule has 0 spiro atoms. The van der Waals surface area contributed by atoms with Crippen molar-refractivity contribution in [3.63, 3.8) is 0 Å². The van der Waals surface area contributed by atoms with Gasteiger partial charge in [-0.05, 0) is 37.8 Å². The van der Waals surface area contributed by atoms with E-state index in [4.69, 9.17) is 21.1 Å². The highest BCUT2D eigenvalue weighted by atomic mass is 35.5. The Labute approximate surface area is 142 Å². The van der Waals surface area contributed by atoms with Gasteiger partial charge in [-0.3, -0.25) is 9.59 Å². The van der Waals surface area contributed by atoms with Crippen LogP contribution >= 0.6 is 11.6 Å². The minimum absolute atomic E-state index is 0.304. The Kier molecular flexibility index (Phi) is 7.36. The van der Waals surface area contributed by atoms with E-state index >= 15 is 0 Å². The Bertz CT molecular complexity index is 572. The molecule has 1 N–H and O–H groups in total. The van der Waals surface area contributed by atoms with E-state index in [1.54, 1.807) is 12.1 Å². The van der Waals surface area contributed by atoms with E-state index in [1.807, 2.05) is 20.8 Å². The number of amides is 1. The molecule has 0 radical (unpaired) electrons. The number of hydrogen-bond acceptors (Lipinski definition) is 4. The van der Waals surface area contributed by atoms with E-state index in [0.29, 0.717) is 28.8 Å². The van der Waals surface area contributed by atoms with Gasteiger partial charge < -0.3 is 14.8 Å². The summed E-state index contributed by atoms with van der Waals surface area (Å²) in [6, 6.07) is 3.35. The number of halogens is 1. The number of methoxy groups -OCH3 is 1. The van der Waals surface area contributed by atoms with Gasteiger partial charge in [0.1, 0.15) is 5.75 Å². The van der Waals surface area contributed by atoms with Gasteiger partial charge >= 0.3 is 5.97 Å². The first-order valence-electron chi connectivity index (χ1n) is 7.59. The first-order chi connectivity index (χ1) is 10.7. The predicted molar refractivity (Wildman–Crippen MR) is 91.0 cm³/mol. The van der Waals surface area contributed by atoms with Gasteiger partial charge in [0.2, 0.25) is 0 Å². The topological polar surface area (TPSA) is 64.6 Å². The fourth-order valence-electron chi connectivity index (χ4n) is 1.88. The fraction of sp³-hybridized carbons (Fsp3) is 0.529. The quantitative estimate of drug-likeness (QED) is 0.762. The molecule has 0 saturated heterocycles. The minimum Gasteiger partial charge on any atom is -0.495 e. The molecule has 1 aromatic rings. The highest BCUT2D eigenvalue weighted by Crippen LogP contribution is 2.31. The van der Waals surface area contributed by atoms with Gasteiger partial charge in [-0.25, -0.2) is 0 Å². The molecule has 0 aliphatic heterocycles. The number of hydrogen-bond donors (Lipinski definition) is 1. The summed E-state index contributed by atoms with van der Waals surface area (Å²) in [6.07, 6.45) is 0.158. The van der Waals surface area contributed by atoms with Crippen molar-refractivity contribution < 1.29 is 19.1 Å². The normalized spacial score (nSPS) is 12.0. The third kappa shape index (κ3) is 6.10. The van der Waals surface area contributed by atoms with Gasteiger partial charge in [-0.1, -0.05) is 25.4 Å². The number of carbonyl (C=O) groups excluding carboxylic acids is 2. The van der Waals surface area contributed by atoms with E-state index in [9.17, 15) is 9.59 Å². The SMILES string of the molecule is COc1cc(Cl)c(C)cc1NC(=O)[C@@H](C)OC(=O)CCC(C)C. The van der Waals surface area contributed by atoms with Crippen molar-refractivity contribution in [2.24, 2.45) is 5.92 Å². The lowest BCUT2D eigenvalue weighted by atomic mass is 10.1. The maximum Gasteiger partial charge on any atom is 0.306 e. The molecular weight excluding hydrogens is 318 g/mol. The highest BCUT2D eigenvalue weighted by Gasteiger charge is 2.19. The first-order valence-corrected chi connectivity index (χ1v) is 7.96. The molecule has 0 heterocycles. The Morgan fingerprint density at radius 3 is 2.48 bits per heavy atom. The van der Waals surface area contributed by atoms with Gasteiger partial charge in [0.25, 0.3) is 5.91 Å². The van der Waals surface area contributed by atoms with Gasteiger partial charge in [0.05, 0.1) is 12.8 Å². The number of anilines is 1. The smallest absolute Gasteiger partial charge is 0.306 e. The zero-order chi connectivity index (χ0) is 17.6. The number of carbonyl (C=O) groups is 2. The van der Waals surface area contributed by atoms with Crippen LogP contribution in [-0.2, 0) is 14.3 Å². The lowest BCUT2D eigenvalue weighted by Gasteiger charge is -2.16. The zero-order valence-electron chi connectivity index (χ0n) is 14.2. The lowest BCUT2D eigenvalue weighted by molar-refractivity contribution is -0.153. The van der Waals surface area contributed by atoms with E-state index in [0.717, 1.165) is 12.0 Å². The Morgan fingerprint density at radius 2 is 1.91 bits per heavy atom. The molecule has 6 heteroatoms. The van der Waals surface area contributed by atoms with Gasteiger partial charge in [0, 0.05) is 17.5 Å². The number of benzene rings is 1. The molecule has 1 amide bonds. The van der Waals surface area contributed by atoms with Crippen molar-refractivity contribution in [1.82, 2.24) is 0 Å². The molecule has 0 fully saturated rings. The Hall–Kier alpha value is -1.75. The second-order valence-corrected chi connectivity index (χ2v) is 6.26. The summed E-state index contributed by atoms with van der Waals surface area (Å²) in [7, 11) is 1.49. The van der Waals surface area contributed by atoms with Gasteiger partial charge in [-0.15, -0.1) is 0 Å². The van der Waals surface area contributed by atoms with Crippen LogP contribution in [0.4, 0.5) is 5.69 Å². The molecule has 0 aromatic heterocycles. The third-order valence-electron chi connectivity index (χ3n) is 3.34. The molecule has 0 unspecified atom stereocenters. The summed E-state index contributed by atoms with van der Waals surface area (Å²) in [5.41, 5.74) is 1.30. The molecule has 1 atom stereocenters. The van der Waals surface area contributed by atoms with Crippen LogP contribution in [0.5, 0.6) is 5.75 Å². The first kappa shape index (κ1) is 19.3. The fourth-order valence-corrected chi connectivity index (χ4v) is 2.03. The maximum atomic E-state index is 12.2. The maximum absolute atomic E-state index is 12.2. The largest absolute Gasteiger partial charge is 0.495 e. The van der Waals surface area contributed by atoms with Gasteiger partial charge in [-0.2, -0.15) is 0 Å². The number of esters is 1. The average molecular weight is 342 g/mol. The minimum atomic E-state index is -0.879. The predicted octanol–water partition coefficient (Wildman–Crippen LogP) is 3.96. The summed E-state index contributed by atoms with van der Waals surface area (Å²) in [5.74, 6) is 0.0730. The van der Waals surface area contributed by atoms with E-state index in [-0.39, 0.29) is 5.97 Å². The number of nitrogens with one attached hydrogen (secondary N) is 1. The van der Waals surface area contributed by atoms with Crippen molar-refractivity contribution in [1.29, 1.82) is 0 Å². The standard InChI is InChI=1S/C17H24ClNO4/c1-10(2)6-7-16(20)23-12(4)17(21)19-14-8-11(3)13(18)9-15(14)22-5/h8-10,12H,6-7H2,1-5H3,(H,19,21)/t12-/m1/s1. The molecule has 0 saturated carbocycles. The summed E-state index contributed by atoms with van der Waals surface area (Å²) < 4.78 is 10.3. The van der Waals surface area contributed by atoms with E-state index in [1.165, 1.54) is 14.0 Å². The third-order valence-corrected chi connectivity index (χ3v) is 3.75. The zero-order valence-corrected chi connectivity index (χ0v) is 15.0. The monoisotopic (exact) mass is 341 g/mol. The molecule has 0 bridgehead atoms. The molecule has 0 aliphatic rings. The Balaban J connectivity index is 2.68. The Morgan fingerprint density at radius 1 is 1.26 bits per heavy atom. The van der Waals surface area contributed by atoms with E-state index in [2.05, 4.69) is 5.32 Å². The highest BCUT2D eigenvalue weighted by molar-refractivity contribution is 6.31. The van der Waals surface area contributed by atoms with Crippen LogP contribution in [0.3, 0.4) is 0 Å². The molecule has 1 rings (SSSR count). The van der Waals surface area contributed by atoms with Crippen LogP contribution in [0.2, 0.25) is 5.02 Å². The van der Waals surface area contributed by atoms with Crippen LogP contribution < -0.4 is 10.1 Å². The van der Waals surface area contributed by atoms with Crippen molar-refractivity contribution in [3.05, 3.63) is 22.7 Å². The lowest BCUT2D eigenvalue weighted by Crippen LogP contribution is -2.30. The van der Waals surface area contributed by atoms with Crippen molar-refractivity contribution in [3.8, 4) is 5.75 Å². The van der Waals surface area contributed by atoms with Crippen molar-refractivity contribution in [2.75, 3.05) is 12.4 Å². The number of ether oxygens (including phenoxy) is 2. The second kappa shape index (κ2) is 8.77. The van der Waals surface area contributed by atoms with Gasteiger partial charge in [0.15, 0.2) is 6.10 Å². The van der Waals surface area contributed by atoms with Crippen molar-refractivity contribution in [2.45, 2.75) is 46.6 Å². The van der Waals surface area contributed by atoms with Crippen LogP contribution in [0, 0.1) is 12.8 Å². The number of rotatable bonds is 7. The van der Waals surface area contributed by atoms with Crippen LogP contribution in [-0.4, -0.2) is 25.1 Å². The van der Waals surface area contributed by atoms with Crippen LogP contribution in [0.25, 0.3) is 0 Å². The summed E-state index contributed by atoms with van der Waals surface area (Å²) in [5, 5.41) is 3.25. The molecule has 0 aliphatic carbocycles. The second-order valence-electron chi connectivity index (χ2n) is 5.86. The summed E-state index contributed by atoms with van der Waals surface area (Å²) in [6.45, 7) is 7.42. The van der Waals surface area contributed by atoms with Crippen LogP contribution in [0.15, 0.2) is 12.1 Å². The molecule has 5 nitrogen and oxygen atoms in total. The molecule has 23 heavy (non-hydrogen) atoms. The summed E-state index contributed by atoms with van der Waals surface area (Å²) in [4.78, 5) is 23.9. The summed E-state index contributed by atoms with van der Waals surface area (Å²) >= 11 is 6.03. The van der Waals surface area contributed by atoms with E-state index < -0.39 is 12.0 Å². The molecular formula is C17H24ClNO4. The average Bonchev–Trinajstić information content (AvgIpc) is 2.48. The van der Waals surface area contributed by atoms with Crippen LogP contribution in [0.1, 0.15) is 39.2 Å².